The fourth-order valence-corrected chi connectivity index (χ4v) is 3.89. The van der Waals surface area contributed by atoms with Crippen LogP contribution >= 0.6 is 0 Å². The zero-order valence-electron chi connectivity index (χ0n) is 13.3. The van der Waals surface area contributed by atoms with Gasteiger partial charge in [0.2, 0.25) is 0 Å². The molecule has 4 nitrogen and oxygen atoms in total. The van der Waals surface area contributed by atoms with Crippen LogP contribution in [0.1, 0.15) is 40.0 Å². The Morgan fingerprint density at radius 2 is 2.00 bits per heavy atom. The number of hydrogen-bond donors (Lipinski definition) is 2. The summed E-state index contributed by atoms with van der Waals surface area (Å²) in [6.07, 6.45) is 2.29. The second kappa shape index (κ2) is 5.58. The van der Waals surface area contributed by atoms with Gasteiger partial charge in [0.25, 0.3) is 0 Å². The van der Waals surface area contributed by atoms with E-state index in [4.69, 9.17) is 4.74 Å². The lowest BCUT2D eigenvalue weighted by Crippen LogP contribution is -2.53. The summed E-state index contributed by atoms with van der Waals surface area (Å²) in [4.78, 5) is 12.0. The third kappa shape index (κ3) is 3.31. The van der Waals surface area contributed by atoms with Crippen LogP contribution in [0.2, 0.25) is 0 Å². The average molecular weight is 291 g/mol. The molecule has 0 amide bonds. The van der Waals surface area contributed by atoms with E-state index in [0.29, 0.717) is 24.5 Å². The van der Waals surface area contributed by atoms with Crippen molar-refractivity contribution in [1.29, 1.82) is 0 Å². The minimum Gasteiger partial charge on any atom is -0.495 e. The molecule has 2 atom stereocenters. The van der Waals surface area contributed by atoms with Crippen molar-refractivity contribution in [1.82, 2.24) is 0 Å². The Morgan fingerprint density at radius 1 is 1.33 bits per heavy atom. The Kier molecular flexibility index (Phi) is 4.17. The maximum atomic E-state index is 12.0. The van der Waals surface area contributed by atoms with Crippen molar-refractivity contribution in [2.45, 2.75) is 45.6 Å². The molecular weight excluding hydrogens is 266 g/mol. The normalized spacial score (nSPS) is 27.9. The minimum atomic E-state index is -0.935. The first-order valence-corrected chi connectivity index (χ1v) is 7.43. The molecule has 1 aliphatic rings. The second-order valence-electron chi connectivity index (χ2n) is 7.07. The van der Waals surface area contributed by atoms with Crippen LogP contribution in [-0.2, 0) is 4.79 Å². The molecule has 1 saturated carbocycles. The molecule has 0 spiro atoms. The number of para-hydroxylation sites is 2. The number of anilines is 1. The molecule has 0 saturated heterocycles. The predicted molar refractivity (Wildman–Crippen MR) is 83.8 cm³/mol. The van der Waals surface area contributed by atoms with Crippen molar-refractivity contribution < 1.29 is 14.6 Å². The largest absolute Gasteiger partial charge is 0.495 e. The van der Waals surface area contributed by atoms with E-state index in [-0.39, 0.29) is 5.41 Å². The number of carboxylic acid groups (broad SMARTS) is 1. The van der Waals surface area contributed by atoms with E-state index in [1.54, 1.807) is 7.11 Å². The van der Waals surface area contributed by atoms with E-state index in [1.165, 1.54) is 0 Å². The first-order valence-electron chi connectivity index (χ1n) is 7.43. The third-order valence-corrected chi connectivity index (χ3v) is 4.27. The van der Waals surface area contributed by atoms with Gasteiger partial charge in [-0.15, -0.1) is 0 Å². The van der Waals surface area contributed by atoms with Crippen molar-refractivity contribution >= 4 is 11.7 Å². The molecule has 0 aromatic heterocycles. The van der Waals surface area contributed by atoms with Gasteiger partial charge in [-0.05, 0) is 42.7 Å². The quantitative estimate of drug-likeness (QED) is 0.886. The fourth-order valence-electron chi connectivity index (χ4n) is 3.89. The summed E-state index contributed by atoms with van der Waals surface area (Å²) in [7, 11) is 1.60. The number of hydrogen-bond acceptors (Lipinski definition) is 3. The highest BCUT2D eigenvalue weighted by Crippen LogP contribution is 2.46. The van der Waals surface area contributed by atoms with Gasteiger partial charge in [0, 0.05) is 0 Å². The summed E-state index contributed by atoms with van der Waals surface area (Å²) in [5.41, 5.74) is -0.187. The number of rotatable bonds is 4. The van der Waals surface area contributed by atoms with E-state index >= 15 is 0 Å². The number of benzene rings is 1. The molecule has 4 heteroatoms. The lowest BCUT2D eigenvalue weighted by Gasteiger charge is -2.46. The summed E-state index contributed by atoms with van der Waals surface area (Å²) >= 11 is 0. The Balaban J connectivity index is 2.37. The van der Waals surface area contributed by atoms with E-state index in [9.17, 15) is 9.90 Å². The molecule has 21 heavy (non-hydrogen) atoms. The van der Waals surface area contributed by atoms with Crippen LogP contribution in [0.5, 0.6) is 5.75 Å². The van der Waals surface area contributed by atoms with E-state index < -0.39 is 11.5 Å². The van der Waals surface area contributed by atoms with E-state index in [0.717, 1.165) is 12.1 Å². The number of aliphatic carboxylic acids is 1. The lowest BCUT2D eigenvalue weighted by molar-refractivity contribution is -0.145. The summed E-state index contributed by atoms with van der Waals surface area (Å²) in [5.74, 6) is 0.259. The van der Waals surface area contributed by atoms with Crippen LogP contribution in [0.25, 0.3) is 0 Å². The molecule has 116 valence electrons. The Hall–Kier alpha value is -1.71. The maximum absolute atomic E-state index is 12.0. The van der Waals surface area contributed by atoms with Gasteiger partial charge < -0.3 is 15.2 Å². The Labute approximate surface area is 126 Å². The van der Waals surface area contributed by atoms with Crippen LogP contribution in [0.15, 0.2) is 24.3 Å². The molecule has 0 aliphatic heterocycles. The molecule has 0 radical (unpaired) electrons. The number of nitrogens with one attached hydrogen (secondary N) is 1. The van der Waals surface area contributed by atoms with E-state index in [2.05, 4.69) is 26.1 Å². The molecule has 1 fully saturated rings. The summed E-state index contributed by atoms with van der Waals surface area (Å²) in [6.45, 7) is 6.41. The average Bonchev–Trinajstić information content (AvgIpc) is 2.36. The van der Waals surface area contributed by atoms with Gasteiger partial charge in [-0.2, -0.15) is 0 Å². The summed E-state index contributed by atoms with van der Waals surface area (Å²) < 4.78 is 5.33. The molecule has 1 aromatic rings. The third-order valence-electron chi connectivity index (χ3n) is 4.27. The van der Waals surface area contributed by atoms with Crippen LogP contribution in [0.3, 0.4) is 0 Å². The van der Waals surface area contributed by atoms with Gasteiger partial charge in [-0.3, -0.25) is 0 Å². The molecule has 0 heterocycles. The highest BCUT2D eigenvalue weighted by Gasteiger charge is 2.48. The topological polar surface area (TPSA) is 58.6 Å². The Bertz CT molecular complexity index is 527. The van der Waals surface area contributed by atoms with Crippen LogP contribution < -0.4 is 10.1 Å². The molecule has 2 rings (SSSR count). The van der Waals surface area contributed by atoms with Crippen LogP contribution in [-0.4, -0.2) is 23.7 Å². The zero-order valence-corrected chi connectivity index (χ0v) is 13.3. The maximum Gasteiger partial charge on any atom is 0.329 e. The number of methoxy groups -OCH3 is 1. The Morgan fingerprint density at radius 3 is 2.57 bits per heavy atom. The zero-order chi connectivity index (χ0) is 15.7. The standard InChI is InChI=1S/C17H25NO3/c1-12-9-16(2,3)11-17(10-12,15(19)20)18-13-7-5-6-8-14(13)21-4/h5-8,12,18H,9-11H2,1-4H3,(H,19,20). The minimum absolute atomic E-state index is 0.00503. The molecule has 1 aliphatic carbocycles. The monoisotopic (exact) mass is 291 g/mol. The SMILES string of the molecule is COc1ccccc1NC1(C(=O)O)CC(C)CC(C)(C)C1. The molecule has 0 bridgehead atoms. The van der Waals surface area contributed by atoms with Gasteiger partial charge in [0.1, 0.15) is 11.3 Å². The first-order chi connectivity index (χ1) is 9.78. The smallest absolute Gasteiger partial charge is 0.329 e. The highest BCUT2D eigenvalue weighted by molar-refractivity contribution is 5.84. The summed E-state index contributed by atoms with van der Waals surface area (Å²) in [5, 5.41) is 13.1. The van der Waals surface area contributed by atoms with Gasteiger partial charge in [0.15, 0.2) is 0 Å². The highest BCUT2D eigenvalue weighted by atomic mass is 16.5. The molecular formula is C17H25NO3. The molecule has 1 aromatic carbocycles. The number of carboxylic acids is 1. The van der Waals surface area contributed by atoms with Gasteiger partial charge in [-0.25, -0.2) is 4.79 Å². The number of carbonyl (C=O) groups is 1. The van der Waals surface area contributed by atoms with Gasteiger partial charge >= 0.3 is 5.97 Å². The van der Waals surface area contributed by atoms with Gasteiger partial charge in [0.05, 0.1) is 12.8 Å². The first kappa shape index (κ1) is 15.7. The van der Waals surface area contributed by atoms with Crippen molar-refractivity contribution in [3.8, 4) is 5.75 Å². The molecule has 2 N–H and O–H groups in total. The van der Waals surface area contributed by atoms with Crippen LogP contribution in [0.4, 0.5) is 5.69 Å². The second-order valence-corrected chi connectivity index (χ2v) is 7.07. The van der Waals surface area contributed by atoms with Crippen molar-refractivity contribution in [2.75, 3.05) is 12.4 Å². The lowest BCUT2D eigenvalue weighted by atomic mass is 9.64. The van der Waals surface area contributed by atoms with Crippen molar-refractivity contribution in [3.63, 3.8) is 0 Å². The fraction of sp³-hybridized carbons (Fsp3) is 0.588. The van der Waals surface area contributed by atoms with E-state index in [1.807, 2.05) is 24.3 Å². The van der Waals surface area contributed by atoms with Gasteiger partial charge in [-0.1, -0.05) is 32.9 Å². The predicted octanol–water partition coefficient (Wildman–Crippen LogP) is 3.78. The van der Waals surface area contributed by atoms with Crippen molar-refractivity contribution in [2.24, 2.45) is 11.3 Å². The van der Waals surface area contributed by atoms with Crippen molar-refractivity contribution in [3.05, 3.63) is 24.3 Å². The molecule has 2 unspecified atom stereocenters. The summed E-state index contributed by atoms with van der Waals surface area (Å²) in [6, 6.07) is 7.48. The number of ether oxygens (including phenoxy) is 1. The van der Waals surface area contributed by atoms with Crippen LogP contribution in [0, 0.1) is 11.3 Å².